The Balaban J connectivity index is 1.91. The van der Waals surface area contributed by atoms with Gasteiger partial charge in [0, 0.05) is 26.3 Å². The highest BCUT2D eigenvalue weighted by atomic mass is 16.4. The lowest BCUT2D eigenvalue weighted by atomic mass is 9.80. The van der Waals surface area contributed by atoms with Crippen LogP contribution in [0.5, 0.6) is 0 Å². The number of carbonyl (C=O) groups excluding carboxylic acids is 1. The van der Waals surface area contributed by atoms with E-state index in [1.807, 2.05) is 0 Å². The summed E-state index contributed by atoms with van der Waals surface area (Å²) in [6.07, 6.45) is 4.23. The Morgan fingerprint density at radius 3 is 2.53 bits per heavy atom. The molecule has 2 heterocycles. The van der Waals surface area contributed by atoms with Crippen LogP contribution in [0.25, 0.3) is 0 Å². The molecular weight excluding hydrogens is 248 g/mol. The van der Waals surface area contributed by atoms with Gasteiger partial charge in [0.1, 0.15) is 0 Å². The van der Waals surface area contributed by atoms with Crippen LogP contribution in [0.2, 0.25) is 0 Å². The molecule has 7 nitrogen and oxygen atoms in total. The number of anilines is 1. The standard InChI is InChI=1S/C12H18N4O3/c1-12(10(17)18)3-5-16(6-4-12)11(19)14-9-7-13-15(2)8-9/h7-8H,3-6H2,1-2H3,(H,14,19)(H,17,18). The smallest absolute Gasteiger partial charge is 0.321 e. The van der Waals surface area contributed by atoms with Gasteiger partial charge in [-0.2, -0.15) is 5.10 Å². The number of rotatable bonds is 2. The number of piperidine rings is 1. The highest BCUT2D eigenvalue weighted by Gasteiger charge is 2.38. The van der Waals surface area contributed by atoms with Gasteiger partial charge in [-0.15, -0.1) is 0 Å². The number of hydrogen-bond donors (Lipinski definition) is 2. The summed E-state index contributed by atoms with van der Waals surface area (Å²) in [4.78, 5) is 24.7. The first-order valence-electron chi connectivity index (χ1n) is 6.19. The first-order valence-corrected chi connectivity index (χ1v) is 6.19. The number of nitrogens with one attached hydrogen (secondary N) is 1. The third-order valence-electron chi connectivity index (χ3n) is 3.63. The third-order valence-corrected chi connectivity index (χ3v) is 3.63. The minimum absolute atomic E-state index is 0.208. The van der Waals surface area contributed by atoms with E-state index in [9.17, 15) is 9.59 Å². The summed E-state index contributed by atoms with van der Waals surface area (Å²) < 4.78 is 1.60. The van der Waals surface area contributed by atoms with Gasteiger partial charge >= 0.3 is 12.0 Å². The van der Waals surface area contributed by atoms with Crippen molar-refractivity contribution in [3.05, 3.63) is 12.4 Å². The molecule has 1 saturated heterocycles. The van der Waals surface area contributed by atoms with Crippen LogP contribution < -0.4 is 5.32 Å². The van der Waals surface area contributed by atoms with Gasteiger partial charge < -0.3 is 15.3 Å². The second-order valence-electron chi connectivity index (χ2n) is 5.19. The van der Waals surface area contributed by atoms with E-state index in [0.717, 1.165) is 0 Å². The van der Waals surface area contributed by atoms with Gasteiger partial charge in [0.05, 0.1) is 17.3 Å². The van der Waals surface area contributed by atoms with Crippen molar-refractivity contribution in [3.63, 3.8) is 0 Å². The number of carbonyl (C=O) groups is 2. The molecule has 1 aliphatic heterocycles. The molecule has 0 aromatic carbocycles. The third kappa shape index (κ3) is 2.86. The van der Waals surface area contributed by atoms with Crippen molar-refractivity contribution in [1.82, 2.24) is 14.7 Å². The minimum Gasteiger partial charge on any atom is -0.481 e. The van der Waals surface area contributed by atoms with E-state index in [2.05, 4.69) is 10.4 Å². The van der Waals surface area contributed by atoms with Gasteiger partial charge in [0.15, 0.2) is 0 Å². The molecule has 1 fully saturated rings. The Hall–Kier alpha value is -2.05. The highest BCUT2D eigenvalue weighted by molar-refractivity contribution is 5.89. The van der Waals surface area contributed by atoms with Crippen LogP contribution >= 0.6 is 0 Å². The molecule has 0 aliphatic carbocycles. The number of urea groups is 1. The molecule has 0 saturated carbocycles. The minimum atomic E-state index is -0.792. The maximum Gasteiger partial charge on any atom is 0.321 e. The van der Waals surface area contributed by atoms with E-state index in [1.165, 1.54) is 0 Å². The van der Waals surface area contributed by atoms with E-state index < -0.39 is 11.4 Å². The number of amides is 2. The Morgan fingerprint density at radius 2 is 2.05 bits per heavy atom. The van der Waals surface area contributed by atoms with Crippen LogP contribution in [0.15, 0.2) is 12.4 Å². The fourth-order valence-electron chi connectivity index (χ4n) is 2.11. The molecule has 1 aromatic rings. The molecule has 2 rings (SSSR count). The van der Waals surface area contributed by atoms with E-state index in [-0.39, 0.29) is 6.03 Å². The number of aromatic nitrogens is 2. The van der Waals surface area contributed by atoms with Gasteiger partial charge in [-0.05, 0) is 19.8 Å². The van der Waals surface area contributed by atoms with Crippen LogP contribution in [0.4, 0.5) is 10.5 Å². The Kier molecular flexibility index (Phi) is 3.46. The normalized spacial score (nSPS) is 18.1. The predicted octanol–water partition coefficient (Wildman–Crippen LogP) is 1.14. The average Bonchev–Trinajstić information content (AvgIpc) is 2.75. The largest absolute Gasteiger partial charge is 0.481 e. The number of nitrogens with zero attached hydrogens (tertiary/aromatic N) is 3. The molecule has 2 N–H and O–H groups in total. The summed E-state index contributed by atoms with van der Waals surface area (Å²) in [5.41, 5.74) is -0.0792. The Bertz CT molecular complexity index is 489. The van der Waals surface area contributed by atoms with Gasteiger partial charge in [0.2, 0.25) is 0 Å². The van der Waals surface area contributed by atoms with Gasteiger partial charge in [-0.1, -0.05) is 0 Å². The van der Waals surface area contributed by atoms with Gasteiger partial charge in [0.25, 0.3) is 0 Å². The van der Waals surface area contributed by atoms with Gasteiger partial charge in [-0.25, -0.2) is 4.79 Å². The lowest BCUT2D eigenvalue weighted by Crippen LogP contribution is -2.46. The van der Waals surface area contributed by atoms with Crippen molar-refractivity contribution >= 4 is 17.7 Å². The zero-order valence-electron chi connectivity index (χ0n) is 11.1. The van der Waals surface area contributed by atoms with Gasteiger partial charge in [-0.3, -0.25) is 9.48 Å². The molecule has 19 heavy (non-hydrogen) atoms. The fourth-order valence-corrected chi connectivity index (χ4v) is 2.11. The highest BCUT2D eigenvalue weighted by Crippen LogP contribution is 2.31. The Morgan fingerprint density at radius 1 is 1.42 bits per heavy atom. The molecule has 104 valence electrons. The quantitative estimate of drug-likeness (QED) is 0.840. The summed E-state index contributed by atoms with van der Waals surface area (Å²) in [5, 5.41) is 15.8. The number of carboxylic acids is 1. The molecule has 0 unspecified atom stereocenters. The van der Waals surface area contributed by atoms with E-state index in [4.69, 9.17) is 5.11 Å². The van der Waals surface area contributed by atoms with E-state index >= 15 is 0 Å². The van der Waals surface area contributed by atoms with Crippen LogP contribution in [-0.2, 0) is 11.8 Å². The van der Waals surface area contributed by atoms with Crippen LogP contribution in [0.3, 0.4) is 0 Å². The second-order valence-corrected chi connectivity index (χ2v) is 5.19. The van der Waals surface area contributed by atoms with Crippen LogP contribution in [0, 0.1) is 5.41 Å². The molecule has 0 atom stereocenters. The fraction of sp³-hybridized carbons (Fsp3) is 0.583. The average molecular weight is 266 g/mol. The molecule has 0 radical (unpaired) electrons. The van der Waals surface area contributed by atoms with Crippen LogP contribution in [0.1, 0.15) is 19.8 Å². The summed E-state index contributed by atoms with van der Waals surface area (Å²) in [5.74, 6) is -0.792. The first-order chi connectivity index (χ1) is 8.90. The first kappa shape index (κ1) is 13.4. The number of aliphatic carboxylic acids is 1. The van der Waals surface area contributed by atoms with Crippen molar-refractivity contribution in [2.24, 2.45) is 12.5 Å². The van der Waals surface area contributed by atoms with E-state index in [1.54, 1.807) is 35.9 Å². The maximum absolute atomic E-state index is 12.0. The SMILES string of the molecule is Cn1cc(NC(=O)N2CCC(C)(C(=O)O)CC2)cn1. The van der Waals surface area contributed by atoms with Crippen molar-refractivity contribution in [2.45, 2.75) is 19.8 Å². The summed E-state index contributed by atoms with van der Waals surface area (Å²) >= 11 is 0. The number of aryl methyl sites for hydroxylation is 1. The molecule has 0 bridgehead atoms. The van der Waals surface area contributed by atoms with Crippen molar-refractivity contribution in [3.8, 4) is 0 Å². The number of carboxylic acid groups (broad SMARTS) is 1. The topological polar surface area (TPSA) is 87.5 Å². The Labute approximate surface area is 111 Å². The van der Waals surface area contributed by atoms with Crippen molar-refractivity contribution < 1.29 is 14.7 Å². The van der Waals surface area contributed by atoms with Crippen LogP contribution in [-0.4, -0.2) is 44.9 Å². The molecule has 1 aromatic heterocycles. The molecule has 0 spiro atoms. The number of likely N-dealkylation sites (tertiary alicyclic amines) is 1. The molecule has 7 heteroatoms. The lowest BCUT2D eigenvalue weighted by Gasteiger charge is -2.36. The summed E-state index contributed by atoms with van der Waals surface area (Å²) in [6.45, 7) is 2.63. The summed E-state index contributed by atoms with van der Waals surface area (Å²) in [6, 6.07) is -0.208. The monoisotopic (exact) mass is 266 g/mol. The number of hydrogen-bond acceptors (Lipinski definition) is 3. The zero-order chi connectivity index (χ0) is 14.0. The summed E-state index contributed by atoms with van der Waals surface area (Å²) in [7, 11) is 1.77. The zero-order valence-corrected chi connectivity index (χ0v) is 11.1. The molecular formula is C12H18N4O3. The lowest BCUT2D eigenvalue weighted by molar-refractivity contribution is -0.150. The maximum atomic E-state index is 12.0. The van der Waals surface area contributed by atoms with Crippen molar-refractivity contribution in [2.75, 3.05) is 18.4 Å². The molecule has 2 amide bonds. The second kappa shape index (κ2) is 4.91. The predicted molar refractivity (Wildman–Crippen MR) is 68.8 cm³/mol. The van der Waals surface area contributed by atoms with Crippen molar-refractivity contribution in [1.29, 1.82) is 0 Å². The van der Waals surface area contributed by atoms with E-state index in [0.29, 0.717) is 31.6 Å². The molecule has 1 aliphatic rings.